The Kier molecular flexibility index (Phi) is 4.95. The lowest BCUT2D eigenvalue weighted by Gasteiger charge is -2.10. The lowest BCUT2D eigenvalue weighted by atomic mass is 10.3. The normalized spacial score (nSPS) is 12.1. The van der Waals surface area contributed by atoms with Crippen LogP contribution in [0.5, 0.6) is 0 Å². The Hall–Kier alpha value is -1.37. The average molecular weight is 296 g/mol. The topological polar surface area (TPSA) is 61.4 Å². The van der Waals surface area contributed by atoms with Crippen molar-refractivity contribution in [2.24, 2.45) is 0 Å². The summed E-state index contributed by atoms with van der Waals surface area (Å²) in [5.41, 5.74) is 0. The summed E-state index contributed by atoms with van der Waals surface area (Å²) in [6.07, 6.45) is -0.665. The van der Waals surface area contributed by atoms with Crippen molar-refractivity contribution in [2.75, 3.05) is 13.1 Å². The first-order valence-corrected chi connectivity index (χ1v) is 7.73. The van der Waals surface area contributed by atoms with Crippen LogP contribution in [0.1, 0.15) is 17.9 Å². The van der Waals surface area contributed by atoms with Crippen molar-refractivity contribution >= 4 is 28.7 Å². The van der Waals surface area contributed by atoms with E-state index in [0.717, 1.165) is 9.75 Å². The number of thiophene rings is 2. The lowest BCUT2D eigenvalue weighted by Crippen LogP contribution is -2.37. The summed E-state index contributed by atoms with van der Waals surface area (Å²) < 4.78 is 0. The molecular formula is C13H16N2O2S2. The van der Waals surface area contributed by atoms with E-state index in [1.54, 1.807) is 22.7 Å². The molecule has 2 amide bonds. The number of nitrogens with one attached hydrogen (secondary N) is 2. The van der Waals surface area contributed by atoms with Gasteiger partial charge in [-0.2, -0.15) is 0 Å². The summed E-state index contributed by atoms with van der Waals surface area (Å²) >= 11 is 3.23. The van der Waals surface area contributed by atoms with E-state index in [1.165, 1.54) is 4.88 Å². The Bertz CT molecular complexity index is 522. The minimum atomic E-state index is -0.665. The molecule has 6 heteroatoms. The molecule has 2 heterocycles. The van der Waals surface area contributed by atoms with Gasteiger partial charge in [-0.1, -0.05) is 6.07 Å². The van der Waals surface area contributed by atoms with Gasteiger partial charge in [-0.05, 0) is 30.5 Å². The fourth-order valence-corrected chi connectivity index (χ4v) is 3.42. The third kappa shape index (κ3) is 3.79. The smallest absolute Gasteiger partial charge is 0.314 e. The molecule has 0 aliphatic rings. The zero-order chi connectivity index (χ0) is 13.7. The number of urea groups is 1. The maximum atomic E-state index is 11.2. The molecule has 0 radical (unpaired) electrons. The van der Waals surface area contributed by atoms with Gasteiger partial charge in [0.05, 0.1) is 6.54 Å². The Morgan fingerprint density at radius 2 is 2.16 bits per heavy atom. The van der Waals surface area contributed by atoms with Gasteiger partial charge >= 0.3 is 6.03 Å². The highest BCUT2D eigenvalue weighted by molar-refractivity contribution is 7.21. The number of rotatable bonds is 5. The van der Waals surface area contributed by atoms with E-state index in [0.29, 0.717) is 6.54 Å². The van der Waals surface area contributed by atoms with Crippen molar-refractivity contribution in [3.8, 4) is 9.75 Å². The van der Waals surface area contributed by atoms with Crippen LogP contribution in [-0.4, -0.2) is 24.2 Å². The molecular weight excluding hydrogens is 280 g/mol. The molecule has 0 unspecified atom stereocenters. The van der Waals surface area contributed by atoms with Crippen LogP contribution in [-0.2, 0) is 0 Å². The summed E-state index contributed by atoms with van der Waals surface area (Å²) in [5, 5.41) is 17.3. The van der Waals surface area contributed by atoms with Crippen LogP contribution >= 0.6 is 22.7 Å². The van der Waals surface area contributed by atoms with Crippen LogP contribution in [0.15, 0.2) is 29.6 Å². The number of hydrogen-bond donors (Lipinski definition) is 3. The third-order valence-corrected chi connectivity index (χ3v) is 4.76. The molecule has 2 aromatic rings. The van der Waals surface area contributed by atoms with E-state index in [1.807, 2.05) is 30.5 Å². The van der Waals surface area contributed by atoms with Gasteiger partial charge in [0.25, 0.3) is 0 Å². The summed E-state index contributed by atoms with van der Waals surface area (Å²) in [4.78, 5) is 14.4. The molecule has 0 saturated heterocycles. The van der Waals surface area contributed by atoms with Crippen molar-refractivity contribution < 1.29 is 9.90 Å². The molecule has 102 valence electrons. The minimum absolute atomic E-state index is 0.218. The van der Waals surface area contributed by atoms with Crippen LogP contribution in [0, 0.1) is 0 Å². The molecule has 2 rings (SSSR count). The van der Waals surface area contributed by atoms with E-state index in [-0.39, 0.29) is 12.6 Å². The first kappa shape index (κ1) is 14.0. The first-order valence-electron chi connectivity index (χ1n) is 6.04. The fourth-order valence-electron chi connectivity index (χ4n) is 1.60. The molecule has 4 nitrogen and oxygen atoms in total. The zero-order valence-corrected chi connectivity index (χ0v) is 12.2. The Labute approximate surface area is 120 Å². The van der Waals surface area contributed by atoms with Crippen LogP contribution in [0.2, 0.25) is 0 Å². The van der Waals surface area contributed by atoms with Crippen LogP contribution in [0.25, 0.3) is 9.75 Å². The van der Waals surface area contributed by atoms with Gasteiger partial charge in [0.1, 0.15) is 6.10 Å². The molecule has 0 spiro atoms. The number of amides is 2. The van der Waals surface area contributed by atoms with Gasteiger partial charge in [0.15, 0.2) is 0 Å². The van der Waals surface area contributed by atoms with E-state index in [9.17, 15) is 9.90 Å². The van der Waals surface area contributed by atoms with E-state index in [2.05, 4.69) is 16.7 Å². The number of carbonyl (C=O) groups excluding carboxylic acids is 1. The van der Waals surface area contributed by atoms with Gasteiger partial charge < -0.3 is 15.7 Å². The minimum Gasteiger partial charge on any atom is -0.386 e. The number of aliphatic hydroxyl groups excluding tert-OH is 1. The molecule has 0 bridgehead atoms. The maximum absolute atomic E-state index is 11.2. The summed E-state index contributed by atoms with van der Waals surface area (Å²) in [6, 6.07) is 7.72. The summed E-state index contributed by atoms with van der Waals surface area (Å²) in [6.45, 7) is 2.64. The lowest BCUT2D eigenvalue weighted by molar-refractivity contribution is 0.176. The van der Waals surface area contributed by atoms with Crippen molar-refractivity contribution in [2.45, 2.75) is 13.0 Å². The van der Waals surface area contributed by atoms with Crippen LogP contribution in [0.4, 0.5) is 4.79 Å². The first-order chi connectivity index (χ1) is 9.20. The average Bonchev–Trinajstić information content (AvgIpc) is 3.06. The summed E-state index contributed by atoms with van der Waals surface area (Å²) in [5.74, 6) is 0. The van der Waals surface area contributed by atoms with Gasteiger partial charge in [0.2, 0.25) is 0 Å². The van der Waals surface area contributed by atoms with Crippen molar-refractivity contribution in [3.05, 3.63) is 34.5 Å². The second-order valence-electron chi connectivity index (χ2n) is 3.94. The van der Waals surface area contributed by atoms with Crippen LogP contribution in [0.3, 0.4) is 0 Å². The molecule has 0 aliphatic carbocycles. The van der Waals surface area contributed by atoms with Gasteiger partial charge in [-0.15, -0.1) is 22.7 Å². The highest BCUT2D eigenvalue weighted by Crippen LogP contribution is 2.33. The number of hydrogen-bond acceptors (Lipinski definition) is 4. The molecule has 19 heavy (non-hydrogen) atoms. The second kappa shape index (κ2) is 6.70. The Morgan fingerprint density at radius 1 is 1.32 bits per heavy atom. The van der Waals surface area contributed by atoms with E-state index < -0.39 is 6.10 Å². The quantitative estimate of drug-likeness (QED) is 0.794. The molecule has 0 fully saturated rings. The fraction of sp³-hybridized carbons (Fsp3) is 0.308. The van der Waals surface area contributed by atoms with Crippen molar-refractivity contribution in [1.29, 1.82) is 0 Å². The second-order valence-corrected chi connectivity index (χ2v) is 6.00. The van der Waals surface area contributed by atoms with Crippen LogP contribution < -0.4 is 10.6 Å². The SMILES string of the molecule is CCNC(=O)NC[C@@H](O)c1ccc(-c2cccs2)s1. The standard InChI is InChI=1S/C13H16N2O2S2/c1-2-14-13(17)15-8-9(16)10-5-6-12(19-10)11-4-3-7-18-11/h3-7,9,16H,2,8H2,1H3,(H2,14,15,17)/t9-/m1/s1. The molecule has 0 saturated carbocycles. The third-order valence-electron chi connectivity index (χ3n) is 2.51. The molecule has 3 N–H and O–H groups in total. The largest absolute Gasteiger partial charge is 0.386 e. The summed E-state index contributed by atoms with van der Waals surface area (Å²) in [7, 11) is 0. The van der Waals surface area contributed by atoms with Gasteiger partial charge in [-0.25, -0.2) is 4.79 Å². The predicted molar refractivity (Wildman–Crippen MR) is 79.7 cm³/mol. The van der Waals surface area contributed by atoms with Crippen molar-refractivity contribution in [3.63, 3.8) is 0 Å². The highest BCUT2D eigenvalue weighted by Gasteiger charge is 2.12. The molecule has 0 aromatic carbocycles. The number of aliphatic hydroxyl groups is 1. The predicted octanol–water partition coefficient (Wildman–Crippen LogP) is 2.83. The van der Waals surface area contributed by atoms with Gasteiger partial charge in [0, 0.05) is 21.2 Å². The highest BCUT2D eigenvalue weighted by atomic mass is 32.1. The van der Waals surface area contributed by atoms with Gasteiger partial charge in [-0.3, -0.25) is 0 Å². The monoisotopic (exact) mass is 296 g/mol. The Morgan fingerprint density at radius 3 is 2.84 bits per heavy atom. The van der Waals surface area contributed by atoms with E-state index >= 15 is 0 Å². The van der Waals surface area contributed by atoms with E-state index in [4.69, 9.17) is 0 Å². The zero-order valence-electron chi connectivity index (χ0n) is 10.6. The maximum Gasteiger partial charge on any atom is 0.314 e. The Balaban J connectivity index is 1.93. The molecule has 0 aliphatic heterocycles. The van der Waals surface area contributed by atoms with Crippen molar-refractivity contribution in [1.82, 2.24) is 10.6 Å². The number of carbonyl (C=O) groups is 1. The molecule has 2 aromatic heterocycles. The molecule has 1 atom stereocenters.